The quantitative estimate of drug-likeness (QED) is 0.835. The van der Waals surface area contributed by atoms with Crippen LogP contribution in [0.1, 0.15) is 17.3 Å². The van der Waals surface area contributed by atoms with Gasteiger partial charge in [-0.3, -0.25) is 0 Å². The van der Waals surface area contributed by atoms with E-state index in [9.17, 15) is 12.8 Å². The van der Waals surface area contributed by atoms with Gasteiger partial charge in [-0.1, -0.05) is 11.6 Å². The van der Waals surface area contributed by atoms with Gasteiger partial charge in [0.25, 0.3) is 0 Å². The van der Waals surface area contributed by atoms with Crippen LogP contribution in [-0.2, 0) is 16.6 Å². The molecule has 0 saturated carbocycles. The second-order valence-electron chi connectivity index (χ2n) is 4.39. The molecular formula is C12H13ClFN3O3S. The van der Waals surface area contributed by atoms with Crippen LogP contribution in [0.2, 0.25) is 5.02 Å². The zero-order valence-electron chi connectivity index (χ0n) is 11.3. The molecule has 21 heavy (non-hydrogen) atoms. The third kappa shape index (κ3) is 3.34. The van der Waals surface area contributed by atoms with E-state index in [0.717, 1.165) is 12.1 Å². The Morgan fingerprint density at radius 1 is 1.43 bits per heavy atom. The molecule has 0 radical (unpaired) electrons. The van der Waals surface area contributed by atoms with Crippen molar-refractivity contribution in [1.29, 1.82) is 0 Å². The summed E-state index contributed by atoms with van der Waals surface area (Å²) in [7, 11) is -4.13. The van der Waals surface area contributed by atoms with Crippen LogP contribution in [0.15, 0.2) is 21.4 Å². The lowest BCUT2D eigenvalue weighted by Gasteiger charge is -2.08. The Morgan fingerprint density at radius 3 is 2.67 bits per heavy atom. The Bertz CT molecular complexity index is 770. The second-order valence-corrected chi connectivity index (χ2v) is 6.53. The van der Waals surface area contributed by atoms with Gasteiger partial charge < -0.3 is 10.2 Å². The first-order chi connectivity index (χ1) is 9.70. The van der Waals surface area contributed by atoms with E-state index in [4.69, 9.17) is 21.8 Å². The third-order valence-electron chi connectivity index (χ3n) is 2.79. The molecule has 114 valence electrons. The maximum absolute atomic E-state index is 13.8. The smallest absolute Gasteiger partial charge is 0.244 e. The van der Waals surface area contributed by atoms with E-state index in [1.54, 1.807) is 13.8 Å². The highest BCUT2D eigenvalue weighted by molar-refractivity contribution is 7.89. The number of nitrogen functional groups attached to an aromatic ring is 1. The van der Waals surface area contributed by atoms with Crippen molar-refractivity contribution in [2.24, 2.45) is 0 Å². The molecule has 0 aliphatic carbocycles. The number of aromatic nitrogens is 1. The monoisotopic (exact) mass is 333 g/mol. The molecule has 1 heterocycles. The van der Waals surface area contributed by atoms with Crippen molar-refractivity contribution >= 4 is 27.3 Å². The van der Waals surface area contributed by atoms with Gasteiger partial charge >= 0.3 is 0 Å². The Balaban J connectivity index is 2.27. The molecule has 1 aromatic heterocycles. The second kappa shape index (κ2) is 5.63. The molecule has 2 rings (SSSR count). The fourth-order valence-electron chi connectivity index (χ4n) is 1.63. The van der Waals surface area contributed by atoms with Crippen LogP contribution in [-0.4, -0.2) is 13.4 Å². The Kier molecular flexibility index (Phi) is 4.22. The van der Waals surface area contributed by atoms with Crippen molar-refractivity contribution in [2.75, 3.05) is 5.73 Å². The molecule has 6 nitrogen and oxygen atoms in total. The van der Waals surface area contributed by atoms with Crippen LogP contribution in [0.4, 0.5) is 10.1 Å². The fourth-order valence-corrected chi connectivity index (χ4v) is 3.02. The highest BCUT2D eigenvalue weighted by Gasteiger charge is 2.22. The maximum Gasteiger partial charge on any atom is 0.244 e. The maximum atomic E-state index is 13.8. The van der Waals surface area contributed by atoms with Gasteiger partial charge in [-0.15, -0.1) is 0 Å². The first kappa shape index (κ1) is 15.7. The summed E-state index contributed by atoms with van der Waals surface area (Å²) in [6, 6.07) is 2.13. The van der Waals surface area contributed by atoms with Crippen molar-refractivity contribution in [3.63, 3.8) is 0 Å². The first-order valence-corrected chi connectivity index (χ1v) is 7.74. The SMILES string of the molecule is Cc1nc(CNS(=O)(=O)c2cc(N)cc(Cl)c2F)oc1C. The van der Waals surface area contributed by atoms with E-state index >= 15 is 0 Å². The van der Waals surface area contributed by atoms with Gasteiger partial charge in [-0.05, 0) is 26.0 Å². The molecule has 2 aromatic rings. The summed E-state index contributed by atoms with van der Waals surface area (Å²) in [4.78, 5) is 3.41. The largest absolute Gasteiger partial charge is 0.444 e. The molecule has 0 aliphatic rings. The van der Waals surface area contributed by atoms with Crippen LogP contribution in [0.25, 0.3) is 0 Å². The van der Waals surface area contributed by atoms with E-state index in [0.29, 0.717) is 11.5 Å². The normalized spacial score (nSPS) is 11.8. The third-order valence-corrected chi connectivity index (χ3v) is 4.47. The van der Waals surface area contributed by atoms with Gasteiger partial charge in [-0.2, -0.15) is 0 Å². The summed E-state index contributed by atoms with van der Waals surface area (Å²) in [6.07, 6.45) is 0. The number of benzene rings is 1. The molecule has 0 spiro atoms. The lowest BCUT2D eigenvalue weighted by molar-refractivity contribution is 0.462. The number of oxazole rings is 1. The number of sulfonamides is 1. The van der Waals surface area contributed by atoms with Crippen molar-refractivity contribution in [3.05, 3.63) is 40.3 Å². The first-order valence-electron chi connectivity index (χ1n) is 5.88. The Hall–Kier alpha value is -1.64. The summed E-state index contributed by atoms with van der Waals surface area (Å²) in [5.74, 6) is -0.288. The molecular weight excluding hydrogens is 321 g/mol. The Morgan fingerprint density at radius 2 is 2.10 bits per heavy atom. The van der Waals surface area contributed by atoms with Gasteiger partial charge in [-0.25, -0.2) is 22.5 Å². The van der Waals surface area contributed by atoms with Gasteiger partial charge in [0, 0.05) is 5.69 Å². The molecule has 0 amide bonds. The summed E-state index contributed by atoms with van der Waals surface area (Å²) < 4.78 is 45.4. The van der Waals surface area contributed by atoms with Crippen LogP contribution in [0.5, 0.6) is 0 Å². The number of nitrogens with one attached hydrogen (secondary N) is 1. The molecule has 1 aromatic carbocycles. The summed E-state index contributed by atoms with van der Waals surface area (Å²) in [5, 5.41) is -0.363. The van der Waals surface area contributed by atoms with E-state index in [1.807, 2.05) is 0 Å². The molecule has 0 bridgehead atoms. The van der Waals surface area contributed by atoms with E-state index < -0.39 is 20.7 Å². The van der Waals surface area contributed by atoms with E-state index in [1.165, 1.54) is 0 Å². The number of hydrogen-bond donors (Lipinski definition) is 2. The molecule has 0 fully saturated rings. The number of hydrogen-bond acceptors (Lipinski definition) is 5. The number of nitrogens with two attached hydrogens (primary N) is 1. The molecule has 0 aliphatic heterocycles. The highest BCUT2D eigenvalue weighted by Crippen LogP contribution is 2.25. The Labute approximate surface area is 126 Å². The van der Waals surface area contributed by atoms with Crippen LogP contribution in [0, 0.1) is 19.7 Å². The lowest BCUT2D eigenvalue weighted by atomic mass is 10.3. The number of halogens is 2. The van der Waals surface area contributed by atoms with Crippen LogP contribution >= 0.6 is 11.6 Å². The minimum atomic E-state index is -4.13. The zero-order valence-corrected chi connectivity index (χ0v) is 12.8. The van der Waals surface area contributed by atoms with Gasteiger partial charge in [0.05, 0.1) is 17.3 Å². The average Bonchev–Trinajstić information content (AvgIpc) is 2.71. The summed E-state index contributed by atoms with van der Waals surface area (Å²) >= 11 is 5.59. The summed E-state index contributed by atoms with van der Waals surface area (Å²) in [5.41, 5.74) is 6.18. The molecule has 0 unspecified atom stereocenters. The molecule has 0 atom stereocenters. The number of aryl methyl sites for hydroxylation is 2. The number of rotatable bonds is 4. The standard InChI is InChI=1S/C12H13ClFN3O3S/c1-6-7(2)20-11(17-6)5-16-21(18,19)10-4-8(15)3-9(13)12(10)14/h3-4,16H,5,15H2,1-2H3. The van der Waals surface area contributed by atoms with E-state index in [2.05, 4.69) is 9.71 Å². The predicted molar refractivity (Wildman–Crippen MR) is 75.8 cm³/mol. The zero-order chi connectivity index (χ0) is 15.8. The molecule has 9 heteroatoms. The van der Waals surface area contributed by atoms with Crippen molar-refractivity contribution < 1.29 is 17.2 Å². The van der Waals surface area contributed by atoms with Gasteiger partial charge in [0.1, 0.15) is 10.7 Å². The highest BCUT2D eigenvalue weighted by atomic mass is 35.5. The minimum Gasteiger partial charge on any atom is -0.444 e. The topological polar surface area (TPSA) is 98.2 Å². The van der Waals surface area contributed by atoms with E-state index in [-0.39, 0.29) is 23.1 Å². The lowest BCUT2D eigenvalue weighted by Crippen LogP contribution is -2.24. The van der Waals surface area contributed by atoms with Crippen LogP contribution in [0.3, 0.4) is 0 Å². The minimum absolute atomic E-state index is 0.0459. The van der Waals surface area contributed by atoms with Crippen LogP contribution < -0.4 is 10.5 Å². The predicted octanol–water partition coefficient (Wildman–Crippen LogP) is 2.14. The van der Waals surface area contributed by atoms with Crippen molar-refractivity contribution in [3.8, 4) is 0 Å². The number of anilines is 1. The van der Waals surface area contributed by atoms with Gasteiger partial charge in [0.2, 0.25) is 15.9 Å². The van der Waals surface area contributed by atoms with Crippen molar-refractivity contribution in [2.45, 2.75) is 25.3 Å². The summed E-state index contributed by atoms with van der Waals surface area (Å²) in [6.45, 7) is 3.23. The van der Waals surface area contributed by atoms with Crippen molar-refractivity contribution in [1.82, 2.24) is 9.71 Å². The van der Waals surface area contributed by atoms with Gasteiger partial charge in [0.15, 0.2) is 5.82 Å². The number of nitrogens with zero attached hydrogens (tertiary/aromatic N) is 1. The molecule has 3 N–H and O–H groups in total. The average molecular weight is 334 g/mol. The fraction of sp³-hybridized carbons (Fsp3) is 0.250. The molecule has 0 saturated heterocycles.